The van der Waals surface area contributed by atoms with Gasteiger partial charge in [-0.15, -0.1) is 0 Å². The lowest BCUT2D eigenvalue weighted by atomic mass is 9.88. The number of hydrogen-bond donors (Lipinski definition) is 2. The van der Waals surface area contributed by atoms with Gasteiger partial charge in [0.25, 0.3) is 0 Å². The third kappa shape index (κ3) is 2.61. The Hall–Kier alpha value is -1.22. The molecule has 0 aromatic heterocycles. The first kappa shape index (κ1) is 13.2. The van der Waals surface area contributed by atoms with Crippen molar-refractivity contribution in [2.24, 2.45) is 5.92 Å². The van der Waals surface area contributed by atoms with Crippen LogP contribution < -0.4 is 10.1 Å². The molecule has 0 saturated carbocycles. The van der Waals surface area contributed by atoms with Gasteiger partial charge in [0, 0.05) is 0 Å². The molecule has 0 spiro atoms. The molecule has 0 aliphatic carbocycles. The summed E-state index contributed by atoms with van der Waals surface area (Å²) in [5, 5.41) is 13.4. The number of hydrogen-bond acceptors (Lipinski definition) is 3. The van der Waals surface area contributed by atoms with Gasteiger partial charge in [0.2, 0.25) is 0 Å². The van der Waals surface area contributed by atoms with E-state index in [9.17, 15) is 5.11 Å². The Labute approximate surface area is 109 Å². The lowest BCUT2D eigenvalue weighted by molar-refractivity contribution is 0.362. The van der Waals surface area contributed by atoms with Crippen LogP contribution in [0, 0.1) is 19.8 Å². The van der Waals surface area contributed by atoms with Gasteiger partial charge in [-0.2, -0.15) is 0 Å². The maximum absolute atomic E-state index is 9.97. The van der Waals surface area contributed by atoms with E-state index in [1.807, 2.05) is 13.0 Å². The molecule has 1 aromatic carbocycles. The summed E-state index contributed by atoms with van der Waals surface area (Å²) in [6.07, 6.45) is 3.56. The van der Waals surface area contributed by atoms with Gasteiger partial charge in [0.1, 0.15) is 0 Å². The second-order valence-electron chi connectivity index (χ2n) is 5.23. The van der Waals surface area contributed by atoms with Crippen molar-refractivity contribution in [2.75, 3.05) is 20.2 Å². The minimum absolute atomic E-state index is 0.282. The van der Waals surface area contributed by atoms with Gasteiger partial charge in [-0.1, -0.05) is 0 Å². The van der Waals surface area contributed by atoms with Crippen LogP contribution in [0.2, 0.25) is 0 Å². The van der Waals surface area contributed by atoms with Crippen molar-refractivity contribution >= 4 is 0 Å². The first-order valence-electron chi connectivity index (χ1n) is 6.70. The number of ether oxygens (including phenoxy) is 1. The summed E-state index contributed by atoms with van der Waals surface area (Å²) < 4.78 is 5.25. The predicted molar refractivity (Wildman–Crippen MR) is 73.4 cm³/mol. The van der Waals surface area contributed by atoms with Gasteiger partial charge in [0.15, 0.2) is 11.5 Å². The molecule has 2 rings (SSSR count). The van der Waals surface area contributed by atoms with Crippen molar-refractivity contribution in [1.29, 1.82) is 0 Å². The minimum Gasteiger partial charge on any atom is -0.504 e. The fourth-order valence-corrected chi connectivity index (χ4v) is 2.70. The quantitative estimate of drug-likeness (QED) is 0.865. The summed E-state index contributed by atoms with van der Waals surface area (Å²) in [5.74, 6) is 1.63. The lowest BCUT2D eigenvalue weighted by Gasteiger charge is -2.24. The molecule has 0 unspecified atom stereocenters. The first-order chi connectivity index (χ1) is 8.63. The normalized spacial score (nSPS) is 16.8. The number of nitrogens with one attached hydrogen (secondary N) is 1. The standard InChI is InChI=1S/C15H23NO2/c1-10-11(2)15(17)14(18-3)9-13(10)8-12-4-6-16-7-5-12/h9,12,16-17H,4-8H2,1-3H3. The Bertz CT molecular complexity index is 423. The highest BCUT2D eigenvalue weighted by Gasteiger charge is 2.18. The maximum Gasteiger partial charge on any atom is 0.161 e. The van der Waals surface area contributed by atoms with Crippen LogP contribution in [0.1, 0.15) is 29.5 Å². The number of phenolic OH excluding ortho intramolecular Hbond substituents is 1. The molecule has 1 saturated heterocycles. The van der Waals surface area contributed by atoms with E-state index in [4.69, 9.17) is 4.74 Å². The first-order valence-corrected chi connectivity index (χ1v) is 6.70. The van der Waals surface area contributed by atoms with Crippen LogP contribution >= 0.6 is 0 Å². The third-order valence-electron chi connectivity index (χ3n) is 4.13. The SMILES string of the molecule is COc1cc(CC2CCNCC2)c(C)c(C)c1O. The predicted octanol–water partition coefficient (Wildman–Crippen LogP) is 2.56. The highest BCUT2D eigenvalue weighted by molar-refractivity contribution is 5.52. The molecule has 1 aliphatic heterocycles. The Morgan fingerprint density at radius 1 is 1.28 bits per heavy atom. The van der Waals surface area contributed by atoms with Gasteiger partial charge in [-0.3, -0.25) is 0 Å². The Kier molecular flexibility index (Phi) is 4.12. The van der Waals surface area contributed by atoms with E-state index >= 15 is 0 Å². The molecule has 18 heavy (non-hydrogen) atoms. The number of benzene rings is 1. The monoisotopic (exact) mass is 249 g/mol. The second kappa shape index (κ2) is 5.61. The van der Waals surface area contributed by atoms with Crippen molar-refractivity contribution in [1.82, 2.24) is 5.32 Å². The number of phenols is 1. The third-order valence-corrected chi connectivity index (χ3v) is 4.13. The zero-order chi connectivity index (χ0) is 13.1. The highest BCUT2D eigenvalue weighted by Crippen LogP contribution is 2.35. The van der Waals surface area contributed by atoms with Gasteiger partial charge < -0.3 is 15.2 Å². The van der Waals surface area contributed by atoms with E-state index in [0.29, 0.717) is 5.75 Å². The lowest BCUT2D eigenvalue weighted by Crippen LogP contribution is -2.28. The highest BCUT2D eigenvalue weighted by atomic mass is 16.5. The van der Waals surface area contributed by atoms with Crippen LogP contribution in [0.3, 0.4) is 0 Å². The molecule has 0 bridgehead atoms. The summed E-state index contributed by atoms with van der Waals surface area (Å²) in [6, 6.07) is 2.00. The second-order valence-corrected chi connectivity index (χ2v) is 5.23. The molecule has 0 amide bonds. The number of rotatable bonds is 3. The Morgan fingerprint density at radius 3 is 2.56 bits per heavy atom. The molecular formula is C15H23NO2. The van der Waals surface area contributed by atoms with Crippen molar-refractivity contribution in [3.63, 3.8) is 0 Å². The van der Waals surface area contributed by atoms with E-state index in [1.54, 1.807) is 7.11 Å². The Balaban J connectivity index is 2.23. The van der Waals surface area contributed by atoms with E-state index in [-0.39, 0.29) is 5.75 Å². The molecule has 3 heteroatoms. The zero-order valence-electron chi connectivity index (χ0n) is 11.5. The van der Waals surface area contributed by atoms with Crippen molar-refractivity contribution in [2.45, 2.75) is 33.1 Å². The van der Waals surface area contributed by atoms with Gasteiger partial charge in [-0.25, -0.2) is 0 Å². The van der Waals surface area contributed by atoms with Crippen molar-refractivity contribution in [3.05, 3.63) is 22.8 Å². The van der Waals surface area contributed by atoms with Gasteiger partial charge >= 0.3 is 0 Å². The molecule has 0 atom stereocenters. The van der Waals surface area contributed by atoms with Crippen LogP contribution in [0.15, 0.2) is 6.07 Å². The number of piperidine rings is 1. The van der Waals surface area contributed by atoms with Crippen molar-refractivity contribution in [3.8, 4) is 11.5 Å². The summed E-state index contributed by atoms with van der Waals surface area (Å²) in [6.45, 7) is 6.29. The average Bonchev–Trinajstić information content (AvgIpc) is 2.40. The van der Waals surface area contributed by atoms with E-state index in [0.717, 1.165) is 31.0 Å². The summed E-state index contributed by atoms with van der Waals surface area (Å²) in [7, 11) is 1.61. The fraction of sp³-hybridized carbons (Fsp3) is 0.600. The maximum atomic E-state index is 9.97. The van der Waals surface area contributed by atoms with E-state index in [1.165, 1.54) is 24.0 Å². The summed E-state index contributed by atoms with van der Waals surface area (Å²) in [4.78, 5) is 0. The van der Waals surface area contributed by atoms with Crippen LogP contribution in [0.25, 0.3) is 0 Å². The minimum atomic E-state index is 0.282. The largest absolute Gasteiger partial charge is 0.504 e. The average molecular weight is 249 g/mol. The molecule has 0 radical (unpaired) electrons. The van der Waals surface area contributed by atoms with Crippen LogP contribution in [-0.4, -0.2) is 25.3 Å². The van der Waals surface area contributed by atoms with Crippen molar-refractivity contribution < 1.29 is 9.84 Å². The van der Waals surface area contributed by atoms with Gasteiger partial charge in [0.05, 0.1) is 7.11 Å². The molecule has 100 valence electrons. The molecule has 1 aromatic rings. The van der Waals surface area contributed by atoms with Crippen LogP contribution in [0.4, 0.5) is 0 Å². The zero-order valence-corrected chi connectivity index (χ0v) is 11.5. The molecule has 2 N–H and O–H groups in total. The Morgan fingerprint density at radius 2 is 1.94 bits per heavy atom. The number of aromatic hydroxyl groups is 1. The van der Waals surface area contributed by atoms with Crippen LogP contribution in [0.5, 0.6) is 11.5 Å². The molecular weight excluding hydrogens is 226 g/mol. The molecule has 1 aliphatic rings. The summed E-state index contributed by atoms with van der Waals surface area (Å²) >= 11 is 0. The van der Waals surface area contributed by atoms with Crippen LogP contribution in [-0.2, 0) is 6.42 Å². The fourth-order valence-electron chi connectivity index (χ4n) is 2.70. The van der Waals surface area contributed by atoms with E-state index in [2.05, 4.69) is 12.2 Å². The summed E-state index contributed by atoms with van der Waals surface area (Å²) in [5.41, 5.74) is 3.46. The van der Waals surface area contributed by atoms with Gasteiger partial charge in [-0.05, 0) is 74.9 Å². The molecule has 1 fully saturated rings. The topological polar surface area (TPSA) is 41.5 Å². The number of methoxy groups -OCH3 is 1. The van der Waals surface area contributed by atoms with E-state index < -0.39 is 0 Å². The molecule has 1 heterocycles. The molecule has 3 nitrogen and oxygen atoms in total. The smallest absolute Gasteiger partial charge is 0.161 e.